The molecule has 2 N–H and O–H groups in total. The molecule has 1 aliphatic carbocycles. The molecule has 60 valence electrons. The predicted octanol–water partition coefficient (Wildman–Crippen LogP) is 1.09. The third-order valence-electron chi connectivity index (χ3n) is 2.01. The molecule has 0 aromatic carbocycles. The minimum Gasteiger partial charge on any atom is -0.361 e. The molecule has 0 aliphatic heterocycles. The minimum atomic E-state index is -0.908. The maximum Gasteiger partial charge on any atom is 0.143 e. The third-order valence-corrected chi connectivity index (χ3v) is 2.01. The van der Waals surface area contributed by atoms with Crippen LogP contribution in [-0.2, 0) is 13.0 Å². The lowest BCUT2D eigenvalue weighted by molar-refractivity contribution is 0.333. The highest BCUT2D eigenvalue weighted by Gasteiger charge is 2.29. The number of rotatable bonds is 1. The summed E-state index contributed by atoms with van der Waals surface area (Å²) in [6, 6.07) is 0. The summed E-state index contributed by atoms with van der Waals surface area (Å²) in [4.78, 5) is 0. The van der Waals surface area contributed by atoms with Gasteiger partial charge in [0.2, 0.25) is 0 Å². The first kappa shape index (κ1) is 6.79. The van der Waals surface area contributed by atoms with E-state index in [9.17, 15) is 4.39 Å². The molecule has 1 aromatic heterocycles. The van der Waals surface area contributed by atoms with Gasteiger partial charge in [0.1, 0.15) is 17.6 Å². The smallest absolute Gasteiger partial charge is 0.143 e. The van der Waals surface area contributed by atoms with Gasteiger partial charge < -0.3 is 10.3 Å². The van der Waals surface area contributed by atoms with Crippen LogP contribution in [0.15, 0.2) is 4.52 Å². The van der Waals surface area contributed by atoms with Crippen molar-refractivity contribution in [3.8, 4) is 0 Å². The summed E-state index contributed by atoms with van der Waals surface area (Å²) in [6.07, 6.45) is 0.266. The van der Waals surface area contributed by atoms with E-state index in [0.29, 0.717) is 29.9 Å². The van der Waals surface area contributed by atoms with Crippen LogP contribution >= 0.6 is 0 Å². The van der Waals surface area contributed by atoms with E-state index in [2.05, 4.69) is 5.16 Å². The van der Waals surface area contributed by atoms with Crippen molar-refractivity contribution < 1.29 is 8.91 Å². The van der Waals surface area contributed by atoms with E-state index in [1.54, 1.807) is 0 Å². The molecular formula is C7H9FN2O. The van der Waals surface area contributed by atoms with Crippen molar-refractivity contribution in [2.75, 3.05) is 0 Å². The quantitative estimate of drug-likeness (QED) is 0.662. The zero-order chi connectivity index (χ0) is 7.84. The van der Waals surface area contributed by atoms with Gasteiger partial charge in [-0.15, -0.1) is 0 Å². The second-order valence-electron chi connectivity index (χ2n) is 2.68. The maximum atomic E-state index is 13.0. The van der Waals surface area contributed by atoms with E-state index < -0.39 is 6.17 Å². The number of nitrogens with two attached hydrogens (primary N) is 1. The van der Waals surface area contributed by atoms with Gasteiger partial charge in [-0.05, 0) is 6.42 Å². The van der Waals surface area contributed by atoms with E-state index in [1.807, 2.05) is 0 Å². The molecular weight excluding hydrogens is 147 g/mol. The zero-order valence-electron chi connectivity index (χ0n) is 6.01. The molecule has 0 amide bonds. The van der Waals surface area contributed by atoms with Gasteiger partial charge in [0.15, 0.2) is 0 Å². The molecule has 0 fully saturated rings. The number of hydrogen-bond donors (Lipinski definition) is 1. The first-order chi connectivity index (χ1) is 5.33. The van der Waals surface area contributed by atoms with Gasteiger partial charge in [-0.1, -0.05) is 5.16 Å². The van der Waals surface area contributed by atoms with Crippen molar-refractivity contribution in [2.24, 2.45) is 5.73 Å². The Balaban J connectivity index is 2.46. The predicted molar refractivity (Wildman–Crippen MR) is 36.6 cm³/mol. The normalized spacial score (nSPS) is 22.2. The largest absolute Gasteiger partial charge is 0.361 e. The number of fused-ring (bicyclic) bond motifs is 1. The van der Waals surface area contributed by atoms with Gasteiger partial charge in [-0.3, -0.25) is 0 Å². The molecule has 0 bridgehead atoms. The summed E-state index contributed by atoms with van der Waals surface area (Å²) >= 11 is 0. The van der Waals surface area contributed by atoms with Crippen LogP contribution in [0.3, 0.4) is 0 Å². The van der Waals surface area contributed by atoms with E-state index >= 15 is 0 Å². The summed E-state index contributed by atoms with van der Waals surface area (Å²) in [6.45, 7) is 0.263. The van der Waals surface area contributed by atoms with Crippen LogP contribution < -0.4 is 5.73 Å². The molecule has 0 spiro atoms. The van der Waals surface area contributed by atoms with Crippen LogP contribution in [0.25, 0.3) is 0 Å². The third kappa shape index (κ3) is 0.860. The highest BCUT2D eigenvalue weighted by molar-refractivity contribution is 5.29. The van der Waals surface area contributed by atoms with E-state index in [-0.39, 0.29) is 6.54 Å². The Morgan fingerprint density at radius 1 is 1.73 bits per heavy atom. The standard InChI is InChI=1S/C7H9FN2O/c8-4-1-2-6-7(4)5(3-9)10-11-6/h4H,1-3,9H2. The highest BCUT2D eigenvalue weighted by atomic mass is 19.1. The Morgan fingerprint density at radius 2 is 2.55 bits per heavy atom. The second-order valence-corrected chi connectivity index (χ2v) is 2.68. The molecule has 3 nitrogen and oxygen atoms in total. The summed E-state index contributed by atoms with van der Waals surface area (Å²) in [5.74, 6) is 0.679. The molecule has 1 heterocycles. The number of halogens is 1. The average Bonchev–Trinajstić information content (AvgIpc) is 2.54. The number of alkyl halides is 1. The SMILES string of the molecule is NCc1noc2c1C(F)CC2. The van der Waals surface area contributed by atoms with Gasteiger partial charge in [0, 0.05) is 13.0 Å². The van der Waals surface area contributed by atoms with Gasteiger partial charge in [-0.2, -0.15) is 0 Å². The number of aromatic nitrogens is 1. The number of aryl methyl sites for hydroxylation is 1. The van der Waals surface area contributed by atoms with Gasteiger partial charge >= 0.3 is 0 Å². The molecule has 1 unspecified atom stereocenters. The summed E-state index contributed by atoms with van der Waals surface area (Å²) in [5.41, 5.74) is 6.52. The monoisotopic (exact) mass is 156 g/mol. The van der Waals surface area contributed by atoms with Crippen molar-refractivity contribution in [3.05, 3.63) is 17.0 Å². The fourth-order valence-electron chi connectivity index (χ4n) is 1.45. The maximum absolute atomic E-state index is 13.0. The number of hydrogen-bond acceptors (Lipinski definition) is 3. The first-order valence-corrected chi connectivity index (χ1v) is 3.64. The van der Waals surface area contributed by atoms with Crippen LogP contribution in [0.4, 0.5) is 4.39 Å². The van der Waals surface area contributed by atoms with Crippen molar-refractivity contribution in [2.45, 2.75) is 25.6 Å². The van der Waals surface area contributed by atoms with Crippen molar-refractivity contribution >= 4 is 0 Å². The lowest BCUT2D eigenvalue weighted by atomic mass is 10.2. The van der Waals surface area contributed by atoms with Gasteiger partial charge in [-0.25, -0.2) is 4.39 Å². The summed E-state index contributed by atoms with van der Waals surface area (Å²) in [7, 11) is 0. The lowest BCUT2D eigenvalue weighted by Crippen LogP contribution is -2.00. The Labute approximate surface area is 63.4 Å². The Kier molecular flexibility index (Phi) is 1.42. The van der Waals surface area contributed by atoms with E-state index in [1.165, 1.54) is 0 Å². The fourth-order valence-corrected chi connectivity index (χ4v) is 1.45. The first-order valence-electron chi connectivity index (χ1n) is 3.64. The molecule has 0 saturated heterocycles. The summed E-state index contributed by atoms with van der Waals surface area (Å²) in [5, 5.41) is 3.67. The minimum absolute atomic E-state index is 0.263. The van der Waals surface area contributed by atoms with E-state index in [0.717, 1.165) is 0 Å². The average molecular weight is 156 g/mol. The number of nitrogens with zero attached hydrogens (tertiary/aromatic N) is 1. The summed E-state index contributed by atoms with van der Waals surface area (Å²) < 4.78 is 17.9. The van der Waals surface area contributed by atoms with E-state index in [4.69, 9.17) is 10.3 Å². The van der Waals surface area contributed by atoms with Crippen LogP contribution in [0.2, 0.25) is 0 Å². The molecule has 1 aromatic rings. The Bertz CT molecular complexity index is 271. The van der Waals surface area contributed by atoms with Crippen molar-refractivity contribution in [1.29, 1.82) is 0 Å². The Morgan fingerprint density at radius 3 is 3.27 bits per heavy atom. The fraction of sp³-hybridized carbons (Fsp3) is 0.571. The van der Waals surface area contributed by atoms with Crippen LogP contribution in [-0.4, -0.2) is 5.16 Å². The molecule has 2 rings (SSSR count). The molecule has 4 heteroatoms. The lowest BCUT2D eigenvalue weighted by Gasteiger charge is -1.96. The highest BCUT2D eigenvalue weighted by Crippen LogP contribution is 2.36. The van der Waals surface area contributed by atoms with Crippen LogP contribution in [0, 0.1) is 0 Å². The molecule has 1 aliphatic rings. The van der Waals surface area contributed by atoms with Crippen LogP contribution in [0.1, 0.15) is 29.6 Å². The molecule has 0 saturated carbocycles. The van der Waals surface area contributed by atoms with Gasteiger partial charge in [0.25, 0.3) is 0 Å². The Hall–Kier alpha value is -0.900. The topological polar surface area (TPSA) is 52.0 Å². The molecule has 0 radical (unpaired) electrons. The second kappa shape index (κ2) is 2.30. The zero-order valence-corrected chi connectivity index (χ0v) is 6.01. The van der Waals surface area contributed by atoms with Crippen LogP contribution in [0.5, 0.6) is 0 Å². The molecule has 1 atom stereocenters. The van der Waals surface area contributed by atoms with Crippen molar-refractivity contribution in [3.63, 3.8) is 0 Å². The molecule has 11 heavy (non-hydrogen) atoms. The van der Waals surface area contributed by atoms with Gasteiger partial charge in [0.05, 0.1) is 5.56 Å². The van der Waals surface area contributed by atoms with Crippen molar-refractivity contribution in [1.82, 2.24) is 5.16 Å².